The van der Waals surface area contributed by atoms with Crippen molar-refractivity contribution in [2.45, 2.75) is 19.9 Å². The Morgan fingerprint density at radius 3 is 2.24 bits per heavy atom. The van der Waals surface area contributed by atoms with Crippen LogP contribution in [0.15, 0.2) is 24.3 Å². The number of rotatable bonds is 7. The standard InChI is InChI=1S/C14H19N3O4/c1-10(18)15-6-7-16-14(21)17-9-12-5-3-2-4-11(12)8-13(19)20/h2-5H,6-9H2,1H3,(H,15,18)(H,19,20)(H2,16,17,21). The summed E-state index contributed by atoms with van der Waals surface area (Å²) in [5.74, 6) is -1.07. The number of hydrogen-bond donors (Lipinski definition) is 4. The van der Waals surface area contributed by atoms with Crippen molar-refractivity contribution in [1.29, 1.82) is 0 Å². The Morgan fingerprint density at radius 2 is 1.62 bits per heavy atom. The third kappa shape index (κ3) is 6.95. The Kier molecular flexibility index (Phi) is 6.73. The van der Waals surface area contributed by atoms with Crippen molar-refractivity contribution in [2.75, 3.05) is 13.1 Å². The first-order valence-electron chi connectivity index (χ1n) is 6.53. The number of nitrogens with one attached hydrogen (secondary N) is 3. The predicted octanol–water partition coefficient (Wildman–Crippen LogP) is 0.249. The lowest BCUT2D eigenvalue weighted by atomic mass is 10.0. The van der Waals surface area contributed by atoms with Crippen LogP contribution in [-0.2, 0) is 22.6 Å². The topological polar surface area (TPSA) is 108 Å². The van der Waals surface area contributed by atoms with Crippen LogP contribution >= 0.6 is 0 Å². The molecular weight excluding hydrogens is 274 g/mol. The van der Waals surface area contributed by atoms with Gasteiger partial charge in [0.2, 0.25) is 5.91 Å². The minimum atomic E-state index is -0.915. The van der Waals surface area contributed by atoms with Gasteiger partial charge in [0.05, 0.1) is 6.42 Å². The molecule has 0 fully saturated rings. The Bertz CT molecular complexity index is 517. The van der Waals surface area contributed by atoms with Gasteiger partial charge in [0, 0.05) is 26.6 Å². The first-order chi connectivity index (χ1) is 9.99. The van der Waals surface area contributed by atoms with Crippen LogP contribution in [0.4, 0.5) is 4.79 Å². The molecule has 0 aliphatic rings. The largest absolute Gasteiger partial charge is 0.481 e. The summed E-state index contributed by atoms with van der Waals surface area (Å²) in [5, 5.41) is 16.6. The third-order valence-electron chi connectivity index (χ3n) is 2.68. The molecule has 3 amide bonds. The van der Waals surface area contributed by atoms with Gasteiger partial charge in [-0.1, -0.05) is 24.3 Å². The van der Waals surface area contributed by atoms with E-state index in [2.05, 4.69) is 16.0 Å². The lowest BCUT2D eigenvalue weighted by Crippen LogP contribution is -2.39. The summed E-state index contributed by atoms with van der Waals surface area (Å²) in [6.45, 7) is 2.33. The monoisotopic (exact) mass is 293 g/mol. The number of carboxylic acid groups (broad SMARTS) is 1. The van der Waals surface area contributed by atoms with Crippen LogP contribution in [0.5, 0.6) is 0 Å². The van der Waals surface area contributed by atoms with E-state index in [1.807, 2.05) is 0 Å². The molecule has 0 saturated carbocycles. The zero-order chi connectivity index (χ0) is 15.7. The first-order valence-corrected chi connectivity index (χ1v) is 6.53. The van der Waals surface area contributed by atoms with E-state index in [-0.39, 0.29) is 24.9 Å². The molecule has 0 heterocycles. The number of carbonyl (C=O) groups is 3. The molecule has 0 aliphatic carbocycles. The van der Waals surface area contributed by atoms with E-state index >= 15 is 0 Å². The number of urea groups is 1. The molecule has 7 nitrogen and oxygen atoms in total. The molecule has 1 aromatic rings. The molecule has 0 saturated heterocycles. The summed E-state index contributed by atoms with van der Waals surface area (Å²) in [7, 11) is 0. The van der Waals surface area contributed by atoms with Gasteiger partial charge in [0.15, 0.2) is 0 Å². The average Bonchev–Trinajstić information content (AvgIpc) is 2.42. The zero-order valence-corrected chi connectivity index (χ0v) is 11.8. The first kappa shape index (κ1) is 16.5. The van der Waals surface area contributed by atoms with E-state index in [9.17, 15) is 14.4 Å². The van der Waals surface area contributed by atoms with E-state index in [4.69, 9.17) is 5.11 Å². The molecule has 0 radical (unpaired) electrons. The van der Waals surface area contributed by atoms with Gasteiger partial charge >= 0.3 is 12.0 Å². The van der Waals surface area contributed by atoms with Gasteiger partial charge in [-0.3, -0.25) is 9.59 Å². The van der Waals surface area contributed by atoms with Gasteiger partial charge in [-0.25, -0.2) is 4.79 Å². The van der Waals surface area contributed by atoms with E-state index in [0.717, 1.165) is 5.56 Å². The molecule has 0 spiro atoms. The van der Waals surface area contributed by atoms with Crippen molar-refractivity contribution in [3.63, 3.8) is 0 Å². The fourth-order valence-electron chi connectivity index (χ4n) is 1.72. The maximum absolute atomic E-state index is 11.5. The van der Waals surface area contributed by atoms with Crippen molar-refractivity contribution in [3.8, 4) is 0 Å². The van der Waals surface area contributed by atoms with Crippen molar-refractivity contribution in [1.82, 2.24) is 16.0 Å². The number of hydrogen-bond acceptors (Lipinski definition) is 3. The van der Waals surface area contributed by atoms with Crippen LogP contribution in [0.2, 0.25) is 0 Å². The average molecular weight is 293 g/mol. The van der Waals surface area contributed by atoms with Crippen LogP contribution in [0.25, 0.3) is 0 Å². The number of benzene rings is 1. The normalized spacial score (nSPS) is 9.76. The SMILES string of the molecule is CC(=O)NCCNC(=O)NCc1ccccc1CC(=O)O. The highest BCUT2D eigenvalue weighted by molar-refractivity contribution is 5.75. The smallest absolute Gasteiger partial charge is 0.315 e. The fraction of sp³-hybridized carbons (Fsp3) is 0.357. The van der Waals surface area contributed by atoms with E-state index in [1.54, 1.807) is 24.3 Å². The van der Waals surface area contributed by atoms with Gasteiger partial charge in [-0.2, -0.15) is 0 Å². The van der Waals surface area contributed by atoms with Crippen molar-refractivity contribution in [3.05, 3.63) is 35.4 Å². The number of carbonyl (C=O) groups excluding carboxylic acids is 2. The lowest BCUT2D eigenvalue weighted by molar-refractivity contribution is -0.136. The Hall–Kier alpha value is -2.57. The molecule has 0 bridgehead atoms. The third-order valence-corrected chi connectivity index (χ3v) is 2.68. The number of aliphatic carboxylic acids is 1. The van der Waals surface area contributed by atoms with Crippen LogP contribution in [-0.4, -0.2) is 36.1 Å². The van der Waals surface area contributed by atoms with Crippen molar-refractivity contribution >= 4 is 17.9 Å². The Balaban J connectivity index is 2.39. The van der Waals surface area contributed by atoms with Crippen LogP contribution in [0.3, 0.4) is 0 Å². The summed E-state index contributed by atoms with van der Waals surface area (Å²) < 4.78 is 0. The minimum Gasteiger partial charge on any atom is -0.481 e. The molecule has 21 heavy (non-hydrogen) atoms. The second kappa shape index (κ2) is 8.57. The fourth-order valence-corrected chi connectivity index (χ4v) is 1.72. The molecule has 0 aliphatic heterocycles. The highest BCUT2D eigenvalue weighted by Crippen LogP contribution is 2.09. The molecular formula is C14H19N3O4. The summed E-state index contributed by atoms with van der Waals surface area (Å²) in [4.78, 5) is 32.9. The zero-order valence-electron chi connectivity index (χ0n) is 11.8. The summed E-state index contributed by atoms with van der Waals surface area (Å²) in [6, 6.07) is 6.67. The van der Waals surface area contributed by atoms with Crippen LogP contribution in [0, 0.1) is 0 Å². The Morgan fingerprint density at radius 1 is 1.00 bits per heavy atom. The lowest BCUT2D eigenvalue weighted by Gasteiger charge is -2.10. The Labute approximate surface area is 122 Å². The summed E-state index contributed by atoms with van der Waals surface area (Å²) in [6.07, 6.45) is -0.0813. The molecule has 114 valence electrons. The molecule has 0 aromatic heterocycles. The minimum absolute atomic E-state index is 0.0813. The van der Waals surface area contributed by atoms with Crippen molar-refractivity contribution in [2.24, 2.45) is 0 Å². The molecule has 0 atom stereocenters. The second-order valence-corrected chi connectivity index (χ2v) is 4.43. The van der Waals surface area contributed by atoms with Gasteiger partial charge in [-0.05, 0) is 11.1 Å². The van der Waals surface area contributed by atoms with E-state index in [0.29, 0.717) is 18.7 Å². The maximum atomic E-state index is 11.5. The van der Waals surface area contributed by atoms with E-state index < -0.39 is 5.97 Å². The van der Waals surface area contributed by atoms with Crippen molar-refractivity contribution < 1.29 is 19.5 Å². The van der Waals surface area contributed by atoms with Crippen LogP contribution in [0.1, 0.15) is 18.1 Å². The molecule has 1 aromatic carbocycles. The maximum Gasteiger partial charge on any atom is 0.315 e. The molecule has 7 heteroatoms. The van der Waals surface area contributed by atoms with Gasteiger partial charge in [-0.15, -0.1) is 0 Å². The predicted molar refractivity (Wildman–Crippen MR) is 76.7 cm³/mol. The molecule has 0 unspecified atom stereocenters. The highest BCUT2D eigenvalue weighted by atomic mass is 16.4. The highest BCUT2D eigenvalue weighted by Gasteiger charge is 2.07. The molecule has 1 rings (SSSR count). The number of carboxylic acids is 1. The number of amides is 3. The van der Waals surface area contributed by atoms with Gasteiger partial charge in [0.25, 0.3) is 0 Å². The van der Waals surface area contributed by atoms with Crippen LogP contribution < -0.4 is 16.0 Å². The summed E-state index contributed by atoms with van der Waals surface area (Å²) in [5.41, 5.74) is 1.43. The second-order valence-electron chi connectivity index (χ2n) is 4.43. The summed E-state index contributed by atoms with van der Waals surface area (Å²) >= 11 is 0. The van der Waals surface area contributed by atoms with Gasteiger partial charge < -0.3 is 21.1 Å². The quantitative estimate of drug-likeness (QED) is 0.540. The van der Waals surface area contributed by atoms with E-state index in [1.165, 1.54) is 6.92 Å². The molecule has 4 N–H and O–H groups in total. The van der Waals surface area contributed by atoms with Gasteiger partial charge in [0.1, 0.15) is 0 Å².